The Bertz CT molecular complexity index is 1160. The van der Waals surface area contributed by atoms with E-state index in [-0.39, 0.29) is 17.1 Å². The second kappa shape index (κ2) is 10.8. The van der Waals surface area contributed by atoms with Gasteiger partial charge in [0.1, 0.15) is 11.3 Å². The van der Waals surface area contributed by atoms with E-state index in [0.717, 1.165) is 80.8 Å². The van der Waals surface area contributed by atoms with Gasteiger partial charge in [-0.15, -0.1) is 0 Å². The van der Waals surface area contributed by atoms with Crippen LogP contribution in [0.4, 0.5) is 13.2 Å². The number of carbonyl (C=O) groups is 1. The maximum atomic E-state index is 12.8. The molecule has 2 aliphatic rings. The average molecular weight is 522 g/mol. The predicted octanol–water partition coefficient (Wildman–Crippen LogP) is 4.51. The highest BCUT2D eigenvalue weighted by molar-refractivity contribution is 7.13. The van der Waals surface area contributed by atoms with Gasteiger partial charge in [-0.25, -0.2) is 9.97 Å². The molecule has 5 rings (SSSR count). The fourth-order valence-corrected chi connectivity index (χ4v) is 6.11. The van der Waals surface area contributed by atoms with Crippen molar-refractivity contribution in [3.05, 3.63) is 46.9 Å². The van der Waals surface area contributed by atoms with Crippen molar-refractivity contribution in [1.82, 2.24) is 24.6 Å². The lowest BCUT2D eigenvalue weighted by Crippen LogP contribution is -2.38. The zero-order valence-corrected chi connectivity index (χ0v) is 20.8. The number of rotatable bonds is 7. The molecule has 0 spiro atoms. The fourth-order valence-electron chi connectivity index (χ4n) is 5.17. The highest BCUT2D eigenvalue weighted by Crippen LogP contribution is 2.31. The lowest BCUT2D eigenvalue weighted by molar-refractivity contribution is -0.153. The van der Waals surface area contributed by atoms with Gasteiger partial charge >= 0.3 is 6.18 Å². The number of nitrogens with zero attached hydrogens (tertiary/aromatic N) is 4. The van der Waals surface area contributed by atoms with Gasteiger partial charge in [-0.1, -0.05) is 17.4 Å². The maximum absolute atomic E-state index is 12.8. The van der Waals surface area contributed by atoms with Crippen molar-refractivity contribution in [3.8, 4) is 5.19 Å². The third-order valence-electron chi connectivity index (χ3n) is 7.13. The van der Waals surface area contributed by atoms with E-state index in [0.29, 0.717) is 11.6 Å². The van der Waals surface area contributed by atoms with Crippen molar-refractivity contribution in [2.24, 2.45) is 5.92 Å². The van der Waals surface area contributed by atoms with Gasteiger partial charge in [0.25, 0.3) is 11.1 Å². The summed E-state index contributed by atoms with van der Waals surface area (Å²) >= 11 is 1.24. The Morgan fingerprint density at radius 2 is 1.97 bits per heavy atom. The van der Waals surface area contributed by atoms with Gasteiger partial charge in [-0.2, -0.15) is 13.2 Å². The molecule has 0 radical (unpaired) electrons. The molecular formula is C25H30F3N5O2S. The summed E-state index contributed by atoms with van der Waals surface area (Å²) in [5, 5.41) is 3.33. The Labute approximate surface area is 211 Å². The minimum Gasteiger partial charge on any atom is -0.460 e. The van der Waals surface area contributed by atoms with Crippen LogP contribution in [0, 0.1) is 5.92 Å². The molecule has 0 unspecified atom stereocenters. The first kappa shape index (κ1) is 25.0. The van der Waals surface area contributed by atoms with Crippen LogP contribution >= 0.6 is 11.3 Å². The van der Waals surface area contributed by atoms with Crippen LogP contribution in [-0.2, 0) is 12.8 Å². The molecule has 1 aliphatic heterocycles. The molecule has 1 saturated carbocycles. The number of amides is 1. The number of pyridine rings is 1. The summed E-state index contributed by atoms with van der Waals surface area (Å²) in [7, 11) is 0. The number of hydrogen-bond donors (Lipinski definition) is 1. The number of hydrogen-bond acceptors (Lipinski definition) is 6. The van der Waals surface area contributed by atoms with Gasteiger partial charge in [0.15, 0.2) is 6.61 Å². The topological polar surface area (TPSA) is 71.8 Å². The second-order valence-electron chi connectivity index (χ2n) is 9.64. The molecule has 4 heterocycles. The quantitative estimate of drug-likeness (QED) is 0.495. The molecule has 1 amide bonds. The van der Waals surface area contributed by atoms with Gasteiger partial charge in [-0.3, -0.25) is 9.20 Å². The van der Waals surface area contributed by atoms with Crippen molar-refractivity contribution in [3.63, 3.8) is 0 Å². The minimum atomic E-state index is -4.35. The van der Waals surface area contributed by atoms with Gasteiger partial charge in [0.2, 0.25) is 0 Å². The van der Waals surface area contributed by atoms with Crippen molar-refractivity contribution in [2.75, 3.05) is 26.2 Å². The van der Waals surface area contributed by atoms with Crippen molar-refractivity contribution >= 4 is 22.9 Å². The lowest BCUT2D eigenvalue weighted by Gasteiger charge is -2.30. The van der Waals surface area contributed by atoms with E-state index >= 15 is 0 Å². The number of nitrogens with one attached hydrogen (secondary N) is 1. The number of thiazole rings is 1. The molecule has 1 N–H and O–H groups in total. The summed E-state index contributed by atoms with van der Waals surface area (Å²) in [6.45, 7) is 1.47. The summed E-state index contributed by atoms with van der Waals surface area (Å²) in [4.78, 5) is 24.8. The zero-order chi connectivity index (χ0) is 25.1. The molecule has 7 nitrogen and oxygen atoms in total. The van der Waals surface area contributed by atoms with E-state index in [1.165, 1.54) is 11.3 Å². The monoisotopic (exact) mass is 521 g/mol. The molecular weight excluding hydrogens is 491 g/mol. The number of imidazole rings is 1. The summed E-state index contributed by atoms with van der Waals surface area (Å²) in [6.07, 6.45) is 5.98. The molecule has 3 aromatic heterocycles. The molecule has 0 bridgehead atoms. The van der Waals surface area contributed by atoms with Gasteiger partial charge in [0.05, 0.1) is 5.69 Å². The predicted molar refractivity (Wildman–Crippen MR) is 131 cm³/mol. The SMILES string of the molecule is O=C(NC1CCC(CCN2CCc3nc(OCC(F)(F)F)sc3CC2)CC1)c1cccc2nccn12. The van der Waals surface area contributed by atoms with Crippen LogP contribution < -0.4 is 10.1 Å². The summed E-state index contributed by atoms with van der Waals surface area (Å²) in [5.74, 6) is 0.590. The van der Waals surface area contributed by atoms with Crippen LogP contribution in [0.5, 0.6) is 5.19 Å². The number of alkyl halides is 3. The molecule has 1 aliphatic carbocycles. The fraction of sp³-hybridized carbons (Fsp3) is 0.560. The van der Waals surface area contributed by atoms with Crippen LogP contribution in [0.2, 0.25) is 0 Å². The van der Waals surface area contributed by atoms with E-state index < -0.39 is 12.8 Å². The molecule has 0 saturated heterocycles. The first-order valence-electron chi connectivity index (χ1n) is 12.5. The molecule has 36 heavy (non-hydrogen) atoms. The highest BCUT2D eigenvalue weighted by Gasteiger charge is 2.30. The Balaban J connectivity index is 1.03. The first-order valence-corrected chi connectivity index (χ1v) is 13.3. The third kappa shape index (κ3) is 6.18. The number of carbonyl (C=O) groups excluding carboxylic acids is 1. The molecule has 11 heteroatoms. The van der Waals surface area contributed by atoms with Gasteiger partial charge in [-0.05, 0) is 63.1 Å². The van der Waals surface area contributed by atoms with Gasteiger partial charge < -0.3 is 15.0 Å². The summed E-state index contributed by atoms with van der Waals surface area (Å²) in [5.41, 5.74) is 2.25. The second-order valence-corrected chi connectivity index (χ2v) is 10.7. The number of ether oxygens (including phenoxy) is 1. The molecule has 0 atom stereocenters. The summed E-state index contributed by atoms with van der Waals surface area (Å²) in [6, 6.07) is 5.75. The molecule has 1 fully saturated rings. The van der Waals surface area contributed by atoms with Crippen LogP contribution in [-0.4, -0.2) is 63.6 Å². The van der Waals surface area contributed by atoms with E-state index in [2.05, 4.69) is 20.2 Å². The molecule has 3 aromatic rings. The van der Waals surface area contributed by atoms with E-state index in [4.69, 9.17) is 4.74 Å². The Hall–Kier alpha value is -2.66. The maximum Gasteiger partial charge on any atom is 0.422 e. The van der Waals surface area contributed by atoms with Crippen molar-refractivity contribution < 1.29 is 22.7 Å². The largest absolute Gasteiger partial charge is 0.460 e. The van der Waals surface area contributed by atoms with Crippen LogP contribution in [0.25, 0.3) is 5.65 Å². The van der Waals surface area contributed by atoms with Crippen LogP contribution in [0.15, 0.2) is 30.6 Å². The number of halogens is 3. The standard InChI is InChI=1S/C25H30F3N5O2S/c26-25(27,28)16-35-24-31-19-9-13-32(14-10-21(19)36-24)12-8-17-4-6-18(7-5-17)30-23(34)20-2-1-3-22-29-11-15-33(20)22/h1-3,11,15,17-18H,4-10,12-14,16H2,(H,30,34). The Morgan fingerprint density at radius 1 is 1.17 bits per heavy atom. The summed E-state index contributed by atoms with van der Waals surface area (Å²) < 4.78 is 43.8. The molecule has 194 valence electrons. The smallest absolute Gasteiger partial charge is 0.422 e. The highest BCUT2D eigenvalue weighted by atomic mass is 32.1. The van der Waals surface area contributed by atoms with E-state index in [1.807, 2.05) is 22.6 Å². The van der Waals surface area contributed by atoms with Crippen molar-refractivity contribution in [2.45, 2.75) is 57.2 Å². The lowest BCUT2D eigenvalue weighted by atomic mass is 9.84. The number of aromatic nitrogens is 3. The first-order chi connectivity index (χ1) is 17.3. The van der Waals surface area contributed by atoms with E-state index in [1.54, 1.807) is 12.4 Å². The normalized spacial score (nSPS) is 21.2. The van der Waals surface area contributed by atoms with Crippen LogP contribution in [0.1, 0.15) is 53.2 Å². The Kier molecular flexibility index (Phi) is 7.47. The third-order valence-corrected chi connectivity index (χ3v) is 8.20. The van der Waals surface area contributed by atoms with Crippen LogP contribution in [0.3, 0.4) is 0 Å². The van der Waals surface area contributed by atoms with E-state index in [9.17, 15) is 18.0 Å². The van der Waals surface area contributed by atoms with Gasteiger partial charge in [0, 0.05) is 42.8 Å². The van der Waals surface area contributed by atoms with Crippen molar-refractivity contribution in [1.29, 1.82) is 0 Å². The number of fused-ring (bicyclic) bond motifs is 2. The molecule has 0 aromatic carbocycles. The minimum absolute atomic E-state index is 0.0559. The zero-order valence-electron chi connectivity index (χ0n) is 20.0. The average Bonchev–Trinajstić information content (AvgIpc) is 3.45. The Morgan fingerprint density at radius 3 is 2.78 bits per heavy atom.